The summed E-state index contributed by atoms with van der Waals surface area (Å²) in [5.74, 6) is 0.0715. The smallest absolute Gasteiger partial charge is 0.166 e. The number of hydrogen-bond donors (Lipinski definition) is 0. The molecular formula is C14H17F3. The first kappa shape index (κ1) is 13.8. The van der Waals surface area contributed by atoms with Gasteiger partial charge in [0.05, 0.1) is 5.56 Å². The van der Waals surface area contributed by atoms with Crippen molar-refractivity contribution in [1.82, 2.24) is 0 Å². The topological polar surface area (TPSA) is 0 Å². The van der Waals surface area contributed by atoms with Crippen LogP contribution in [0, 0.1) is 6.92 Å². The van der Waals surface area contributed by atoms with Gasteiger partial charge < -0.3 is 0 Å². The van der Waals surface area contributed by atoms with Crippen LogP contribution in [0.5, 0.6) is 0 Å². The monoisotopic (exact) mass is 242 g/mol. The van der Waals surface area contributed by atoms with Crippen molar-refractivity contribution in [2.24, 2.45) is 0 Å². The highest BCUT2D eigenvalue weighted by atomic mass is 19.4. The number of aryl methyl sites for hydroxylation is 1. The van der Waals surface area contributed by atoms with E-state index in [1.165, 1.54) is 12.1 Å². The lowest BCUT2D eigenvalue weighted by molar-refractivity contribution is -0.137. The molecule has 17 heavy (non-hydrogen) atoms. The standard InChI is InChI=1S/C14H17F3/c1-5-6-12-10(4)7-11(14(15,16)17)8-13(12)9(2)3/h5-9H,1-4H3/b6-5-. The number of halogens is 3. The molecule has 0 aliphatic carbocycles. The molecule has 3 heteroatoms. The second-order valence-electron chi connectivity index (χ2n) is 4.45. The molecule has 94 valence electrons. The van der Waals surface area contributed by atoms with Gasteiger partial charge in [-0.1, -0.05) is 26.0 Å². The predicted molar refractivity (Wildman–Crippen MR) is 65.0 cm³/mol. The lowest BCUT2D eigenvalue weighted by atomic mass is 9.91. The molecule has 0 aliphatic rings. The molecule has 0 heterocycles. The molecule has 0 aliphatic heterocycles. The largest absolute Gasteiger partial charge is 0.416 e. The van der Waals surface area contributed by atoms with E-state index in [-0.39, 0.29) is 5.92 Å². The molecule has 1 aromatic carbocycles. The van der Waals surface area contributed by atoms with Crippen LogP contribution >= 0.6 is 0 Å². The first-order valence-electron chi connectivity index (χ1n) is 5.61. The zero-order valence-corrected chi connectivity index (χ0v) is 10.5. The van der Waals surface area contributed by atoms with Crippen LogP contribution in [0.25, 0.3) is 6.08 Å². The average molecular weight is 242 g/mol. The summed E-state index contributed by atoms with van der Waals surface area (Å²) in [6.07, 6.45) is -0.560. The quantitative estimate of drug-likeness (QED) is 0.671. The number of benzene rings is 1. The Labute approximate surface area is 100 Å². The second-order valence-corrected chi connectivity index (χ2v) is 4.45. The molecule has 0 fully saturated rings. The van der Waals surface area contributed by atoms with E-state index < -0.39 is 11.7 Å². The van der Waals surface area contributed by atoms with E-state index in [0.29, 0.717) is 5.56 Å². The van der Waals surface area contributed by atoms with E-state index in [9.17, 15) is 13.2 Å². The summed E-state index contributed by atoms with van der Waals surface area (Å²) >= 11 is 0. The molecule has 0 aromatic heterocycles. The van der Waals surface area contributed by atoms with Gasteiger partial charge in [-0.15, -0.1) is 0 Å². The maximum Gasteiger partial charge on any atom is 0.416 e. The van der Waals surface area contributed by atoms with Crippen molar-refractivity contribution in [1.29, 1.82) is 0 Å². The summed E-state index contributed by atoms with van der Waals surface area (Å²) in [6.45, 7) is 7.39. The molecule has 0 nitrogen and oxygen atoms in total. The Bertz CT molecular complexity index is 426. The van der Waals surface area contributed by atoms with E-state index in [2.05, 4.69) is 0 Å². The number of alkyl halides is 3. The molecule has 0 amide bonds. The van der Waals surface area contributed by atoms with Crippen molar-refractivity contribution in [3.05, 3.63) is 40.5 Å². The Morgan fingerprint density at radius 1 is 1.18 bits per heavy atom. The zero-order valence-electron chi connectivity index (χ0n) is 10.5. The highest BCUT2D eigenvalue weighted by Gasteiger charge is 2.31. The van der Waals surface area contributed by atoms with Gasteiger partial charge in [0.1, 0.15) is 0 Å². The molecule has 1 rings (SSSR count). The van der Waals surface area contributed by atoms with Gasteiger partial charge >= 0.3 is 6.18 Å². The van der Waals surface area contributed by atoms with Gasteiger partial charge in [0.25, 0.3) is 0 Å². The molecule has 0 saturated carbocycles. The highest BCUT2D eigenvalue weighted by molar-refractivity contribution is 5.59. The summed E-state index contributed by atoms with van der Waals surface area (Å²) in [4.78, 5) is 0. The first-order chi connectivity index (χ1) is 7.77. The minimum absolute atomic E-state index is 0.0715. The van der Waals surface area contributed by atoms with Crippen LogP contribution < -0.4 is 0 Å². The Morgan fingerprint density at radius 2 is 1.76 bits per heavy atom. The van der Waals surface area contributed by atoms with Crippen molar-refractivity contribution in [2.75, 3.05) is 0 Å². The zero-order chi connectivity index (χ0) is 13.2. The van der Waals surface area contributed by atoms with Crippen molar-refractivity contribution < 1.29 is 13.2 Å². The molecule has 0 spiro atoms. The van der Waals surface area contributed by atoms with Crippen LogP contribution in [0.3, 0.4) is 0 Å². The van der Waals surface area contributed by atoms with Gasteiger partial charge in [-0.25, -0.2) is 0 Å². The third kappa shape index (κ3) is 3.11. The summed E-state index contributed by atoms with van der Waals surface area (Å²) in [5, 5.41) is 0. The van der Waals surface area contributed by atoms with Crippen LogP contribution in [0.15, 0.2) is 18.2 Å². The lowest BCUT2D eigenvalue weighted by Crippen LogP contribution is -2.08. The van der Waals surface area contributed by atoms with Crippen molar-refractivity contribution in [2.45, 2.75) is 39.8 Å². The maximum absolute atomic E-state index is 12.7. The molecule has 1 aromatic rings. The van der Waals surface area contributed by atoms with Gasteiger partial charge in [-0.05, 0) is 48.6 Å². The minimum atomic E-state index is -4.27. The minimum Gasteiger partial charge on any atom is -0.166 e. The van der Waals surface area contributed by atoms with Gasteiger partial charge in [0.15, 0.2) is 0 Å². The van der Waals surface area contributed by atoms with Crippen molar-refractivity contribution in [3.63, 3.8) is 0 Å². The van der Waals surface area contributed by atoms with Gasteiger partial charge in [-0.2, -0.15) is 13.2 Å². The molecule has 0 saturated heterocycles. The predicted octanol–water partition coefficient (Wildman–Crippen LogP) is 5.17. The van der Waals surface area contributed by atoms with E-state index >= 15 is 0 Å². The van der Waals surface area contributed by atoms with E-state index in [1.807, 2.05) is 32.9 Å². The second kappa shape index (κ2) is 4.94. The third-order valence-electron chi connectivity index (χ3n) is 2.70. The number of hydrogen-bond acceptors (Lipinski definition) is 0. The lowest BCUT2D eigenvalue weighted by Gasteiger charge is -2.17. The molecular weight excluding hydrogens is 225 g/mol. The molecule has 0 atom stereocenters. The number of rotatable bonds is 2. The van der Waals surface area contributed by atoms with Gasteiger partial charge in [0.2, 0.25) is 0 Å². The molecule has 0 radical (unpaired) electrons. The number of allylic oxidation sites excluding steroid dienone is 1. The first-order valence-corrected chi connectivity index (χ1v) is 5.61. The fourth-order valence-electron chi connectivity index (χ4n) is 1.86. The highest BCUT2D eigenvalue weighted by Crippen LogP contribution is 2.34. The van der Waals surface area contributed by atoms with Crippen LogP contribution in [0.1, 0.15) is 48.9 Å². The summed E-state index contributed by atoms with van der Waals surface area (Å²) in [6, 6.07) is 2.47. The normalized spacial score (nSPS) is 12.7. The van der Waals surface area contributed by atoms with Gasteiger partial charge in [0, 0.05) is 0 Å². The van der Waals surface area contributed by atoms with Crippen molar-refractivity contribution in [3.8, 4) is 0 Å². The summed E-state index contributed by atoms with van der Waals surface area (Å²) in [5.41, 5.74) is 1.75. The molecule has 0 unspecified atom stereocenters. The molecule has 0 N–H and O–H groups in total. The van der Waals surface area contributed by atoms with Crippen LogP contribution in [-0.4, -0.2) is 0 Å². The fourth-order valence-corrected chi connectivity index (χ4v) is 1.86. The Balaban J connectivity index is 3.46. The SMILES string of the molecule is C/C=C\c1c(C)cc(C(F)(F)F)cc1C(C)C. The van der Waals surface area contributed by atoms with E-state index in [0.717, 1.165) is 11.1 Å². The van der Waals surface area contributed by atoms with Crippen LogP contribution in [0.4, 0.5) is 13.2 Å². The van der Waals surface area contributed by atoms with Crippen molar-refractivity contribution >= 4 is 6.08 Å². The summed E-state index contributed by atoms with van der Waals surface area (Å²) < 4.78 is 38.1. The summed E-state index contributed by atoms with van der Waals surface area (Å²) in [7, 11) is 0. The Kier molecular flexibility index (Phi) is 4.02. The van der Waals surface area contributed by atoms with E-state index in [1.54, 1.807) is 6.92 Å². The van der Waals surface area contributed by atoms with Gasteiger partial charge in [-0.3, -0.25) is 0 Å². The fraction of sp³-hybridized carbons (Fsp3) is 0.429. The Morgan fingerprint density at radius 3 is 2.18 bits per heavy atom. The Hall–Kier alpha value is -1.25. The average Bonchev–Trinajstić information content (AvgIpc) is 2.18. The van der Waals surface area contributed by atoms with E-state index in [4.69, 9.17) is 0 Å². The third-order valence-corrected chi connectivity index (χ3v) is 2.70. The van der Waals surface area contributed by atoms with Crippen LogP contribution in [0.2, 0.25) is 0 Å². The molecule has 0 bridgehead atoms. The maximum atomic E-state index is 12.7. The van der Waals surface area contributed by atoms with Crippen LogP contribution in [-0.2, 0) is 6.18 Å².